The molecule has 0 bridgehead atoms. The molecular weight excluding hydrogens is 605 g/mol. The normalized spacial score (nSPS) is 12.2. The van der Waals surface area contributed by atoms with Crippen LogP contribution in [0.15, 0.2) is 0 Å². The van der Waals surface area contributed by atoms with Crippen LogP contribution in [0.4, 0.5) is 0 Å². The van der Waals surface area contributed by atoms with Crippen LogP contribution in [-0.2, 0) is 0 Å². The lowest BCUT2D eigenvalue weighted by Crippen LogP contribution is -2.33. The first-order valence-electron chi connectivity index (χ1n) is 23.9. The Bertz CT molecular complexity index is 655. The van der Waals surface area contributed by atoms with Gasteiger partial charge in [-0.25, -0.2) is 0 Å². The van der Waals surface area contributed by atoms with Crippen LogP contribution in [0.25, 0.3) is 0 Å². The second kappa shape index (κ2) is 42.9. The Morgan fingerprint density at radius 2 is 0.520 bits per heavy atom. The van der Waals surface area contributed by atoms with Gasteiger partial charge in [-0.3, -0.25) is 9.48 Å². The summed E-state index contributed by atoms with van der Waals surface area (Å²) in [7, 11) is 4.61. The van der Waals surface area contributed by atoms with Crippen molar-refractivity contribution in [1.82, 2.24) is 4.90 Å². The first-order valence-corrected chi connectivity index (χ1v) is 23.9. The molecule has 0 aromatic heterocycles. The molecule has 0 aromatic carbocycles. The highest BCUT2D eigenvalue weighted by atomic mass is 15.2. The maximum Gasteiger partial charge on any atom is 0.243 e. The van der Waals surface area contributed by atoms with Crippen LogP contribution >= 0.6 is 0 Å². The van der Waals surface area contributed by atoms with Gasteiger partial charge in [-0.2, -0.15) is 0 Å². The fourth-order valence-corrected chi connectivity index (χ4v) is 7.82. The van der Waals surface area contributed by atoms with E-state index in [1.807, 2.05) is 0 Å². The number of rotatable bonds is 42. The predicted molar refractivity (Wildman–Crippen MR) is 230 cm³/mol. The molecule has 50 heavy (non-hydrogen) atoms. The zero-order valence-electron chi connectivity index (χ0n) is 36.1. The SMILES string of the molecule is CCCCCCCCCCCCCCCCCCCCCCCC[N+](C)=C(C)N(C)CCCCCCCCCCCCCCCCCCCC. The summed E-state index contributed by atoms with van der Waals surface area (Å²) in [6, 6.07) is 0. The van der Waals surface area contributed by atoms with E-state index in [-0.39, 0.29) is 0 Å². The van der Waals surface area contributed by atoms with Gasteiger partial charge in [0.2, 0.25) is 5.84 Å². The molecule has 0 radical (unpaired) electrons. The highest BCUT2D eigenvalue weighted by Gasteiger charge is 2.11. The average Bonchev–Trinajstić information content (AvgIpc) is 3.12. The Kier molecular flexibility index (Phi) is 42.4. The van der Waals surface area contributed by atoms with Gasteiger partial charge in [0.05, 0.1) is 27.2 Å². The summed E-state index contributed by atoms with van der Waals surface area (Å²) < 4.78 is 2.51. The fourth-order valence-electron chi connectivity index (χ4n) is 7.82. The van der Waals surface area contributed by atoms with Crippen LogP contribution < -0.4 is 0 Å². The number of nitrogens with zero attached hydrogens (tertiary/aromatic N) is 2. The predicted octanol–water partition coefficient (Wildman–Crippen LogP) is 16.6. The minimum absolute atomic E-state index is 1.22. The molecule has 0 amide bonds. The number of hydrogen-bond acceptors (Lipinski definition) is 0. The fraction of sp³-hybridized carbons (Fsp3) is 0.979. The van der Waals surface area contributed by atoms with E-state index < -0.39 is 0 Å². The van der Waals surface area contributed by atoms with Gasteiger partial charge >= 0.3 is 0 Å². The molecule has 0 aliphatic carbocycles. The van der Waals surface area contributed by atoms with E-state index in [4.69, 9.17) is 0 Å². The molecule has 0 aromatic rings. The van der Waals surface area contributed by atoms with Gasteiger partial charge in [0.15, 0.2) is 0 Å². The van der Waals surface area contributed by atoms with Gasteiger partial charge in [-0.1, -0.05) is 245 Å². The second-order valence-corrected chi connectivity index (χ2v) is 16.8. The van der Waals surface area contributed by atoms with Crippen molar-refractivity contribution in [2.75, 3.05) is 27.2 Å². The minimum atomic E-state index is 1.22. The summed E-state index contributed by atoms with van der Waals surface area (Å²) in [5.41, 5.74) is 0. The van der Waals surface area contributed by atoms with Crippen molar-refractivity contribution in [3.05, 3.63) is 0 Å². The van der Waals surface area contributed by atoms with E-state index in [1.54, 1.807) is 0 Å². The molecule has 0 aliphatic rings. The zero-order valence-corrected chi connectivity index (χ0v) is 36.1. The minimum Gasteiger partial charge on any atom is -0.269 e. The van der Waals surface area contributed by atoms with Crippen molar-refractivity contribution >= 4 is 5.84 Å². The summed E-state index contributed by atoms with van der Waals surface area (Å²) in [6.45, 7) is 9.38. The maximum absolute atomic E-state index is 2.51. The molecule has 0 atom stereocenters. The molecule has 2 heteroatoms. The maximum atomic E-state index is 2.51. The van der Waals surface area contributed by atoms with Gasteiger partial charge in [0.1, 0.15) is 0 Å². The van der Waals surface area contributed by atoms with Crippen molar-refractivity contribution < 1.29 is 4.58 Å². The van der Waals surface area contributed by atoms with Crippen molar-refractivity contribution in [2.24, 2.45) is 0 Å². The van der Waals surface area contributed by atoms with Crippen LogP contribution in [0.1, 0.15) is 278 Å². The van der Waals surface area contributed by atoms with Crippen LogP contribution in [0.3, 0.4) is 0 Å². The van der Waals surface area contributed by atoms with E-state index in [9.17, 15) is 0 Å². The third kappa shape index (κ3) is 38.7. The summed E-state index contributed by atoms with van der Waals surface area (Å²) in [5, 5.41) is 0. The van der Waals surface area contributed by atoms with Gasteiger partial charge < -0.3 is 0 Å². The average molecular weight is 704 g/mol. The Morgan fingerprint density at radius 1 is 0.320 bits per heavy atom. The van der Waals surface area contributed by atoms with E-state index in [0.717, 1.165) is 0 Å². The summed E-state index contributed by atoms with van der Waals surface area (Å²) >= 11 is 0. The van der Waals surface area contributed by atoms with E-state index in [0.29, 0.717) is 0 Å². The Hall–Kier alpha value is -0.530. The molecule has 0 saturated carbocycles. The Morgan fingerprint density at radius 3 is 0.760 bits per heavy atom. The summed E-state index contributed by atoms with van der Waals surface area (Å²) in [5.74, 6) is 1.46. The van der Waals surface area contributed by atoms with Crippen molar-refractivity contribution in [1.29, 1.82) is 0 Å². The quantitative estimate of drug-likeness (QED) is 0.0265. The smallest absolute Gasteiger partial charge is 0.243 e. The first-order chi connectivity index (χ1) is 24.6. The summed E-state index contributed by atoms with van der Waals surface area (Å²) in [4.78, 5) is 2.50. The molecule has 0 fully saturated rings. The molecule has 0 rings (SSSR count). The lowest BCUT2D eigenvalue weighted by Gasteiger charge is -2.15. The molecule has 2 nitrogen and oxygen atoms in total. The van der Waals surface area contributed by atoms with Crippen LogP contribution in [0.5, 0.6) is 0 Å². The molecule has 0 heterocycles. The monoisotopic (exact) mass is 704 g/mol. The third-order valence-corrected chi connectivity index (χ3v) is 11.8. The summed E-state index contributed by atoms with van der Waals surface area (Å²) in [6.07, 6.45) is 58.2. The highest BCUT2D eigenvalue weighted by molar-refractivity contribution is 5.74. The molecule has 0 spiro atoms. The largest absolute Gasteiger partial charge is 0.269 e. The van der Waals surface area contributed by atoms with Crippen LogP contribution in [0, 0.1) is 0 Å². The topological polar surface area (TPSA) is 6.25 Å². The number of amidine groups is 1. The van der Waals surface area contributed by atoms with Crippen LogP contribution in [-0.4, -0.2) is 42.5 Å². The lowest BCUT2D eigenvalue weighted by atomic mass is 10.0. The van der Waals surface area contributed by atoms with Crippen molar-refractivity contribution in [3.8, 4) is 0 Å². The second-order valence-electron chi connectivity index (χ2n) is 16.8. The van der Waals surface area contributed by atoms with E-state index >= 15 is 0 Å². The lowest BCUT2D eigenvalue weighted by molar-refractivity contribution is -0.503. The Labute approximate surface area is 319 Å². The molecule has 0 N–H and O–H groups in total. The highest BCUT2D eigenvalue weighted by Crippen LogP contribution is 2.17. The molecular formula is C48H99N2+. The Balaban J connectivity index is 3.40. The molecule has 0 aliphatic heterocycles. The molecule has 0 unspecified atom stereocenters. The molecule has 0 saturated heterocycles. The van der Waals surface area contributed by atoms with Crippen molar-refractivity contribution in [3.63, 3.8) is 0 Å². The zero-order chi connectivity index (χ0) is 36.4. The van der Waals surface area contributed by atoms with Crippen molar-refractivity contribution in [2.45, 2.75) is 278 Å². The van der Waals surface area contributed by atoms with Crippen LogP contribution in [0.2, 0.25) is 0 Å². The first kappa shape index (κ1) is 49.5. The number of unbranched alkanes of at least 4 members (excludes halogenated alkanes) is 38. The van der Waals surface area contributed by atoms with Gasteiger partial charge in [0, 0.05) is 6.92 Å². The van der Waals surface area contributed by atoms with Gasteiger partial charge in [-0.15, -0.1) is 0 Å². The van der Waals surface area contributed by atoms with E-state index in [1.165, 1.54) is 276 Å². The molecule has 300 valence electrons. The van der Waals surface area contributed by atoms with Gasteiger partial charge in [0.25, 0.3) is 0 Å². The standard InChI is InChI=1S/C48H99N2/c1-6-8-10-12-14-16-18-20-22-24-26-27-28-29-31-33-35-37-39-41-43-45-47-50(5)48(3)49(4)46-44-42-40-38-36-34-32-30-25-23-21-19-17-15-13-11-9-7-2/h6-47H2,1-5H3/q+1. The number of hydrogen-bond donors (Lipinski definition) is 0. The van der Waals surface area contributed by atoms with Gasteiger partial charge in [-0.05, 0) is 25.7 Å². The van der Waals surface area contributed by atoms with E-state index in [2.05, 4.69) is 44.3 Å². The third-order valence-electron chi connectivity index (χ3n) is 11.8.